The minimum absolute atomic E-state index is 0.0338. The maximum Gasteiger partial charge on any atom is 0.418 e. The highest BCUT2D eigenvalue weighted by atomic mass is 32.2. The Morgan fingerprint density at radius 1 is 1.43 bits per heavy atom. The highest BCUT2D eigenvalue weighted by molar-refractivity contribution is 7.99. The summed E-state index contributed by atoms with van der Waals surface area (Å²) in [4.78, 5) is 12.2. The van der Waals surface area contributed by atoms with Crippen LogP contribution in [-0.4, -0.2) is 30.0 Å². The number of benzene rings is 1. The number of para-hydroxylation sites is 1. The lowest BCUT2D eigenvalue weighted by molar-refractivity contribution is -0.137. The van der Waals surface area contributed by atoms with E-state index in [1.807, 2.05) is 0 Å². The summed E-state index contributed by atoms with van der Waals surface area (Å²) in [5, 5.41) is 5.48. The van der Waals surface area contributed by atoms with Gasteiger partial charge in [-0.3, -0.25) is 4.79 Å². The first-order chi connectivity index (χ1) is 9.93. The molecule has 1 aromatic rings. The van der Waals surface area contributed by atoms with Gasteiger partial charge in [0, 0.05) is 18.3 Å². The van der Waals surface area contributed by atoms with Crippen molar-refractivity contribution in [3.05, 3.63) is 29.3 Å². The maximum absolute atomic E-state index is 13.0. The van der Waals surface area contributed by atoms with Crippen LogP contribution in [0.4, 0.5) is 18.9 Å². The van der Waals surface area contributed by atoms with E-state index in [0.717, 1.165) is 24.0 Å². The van der Waals surface area contributed by atoms with E-state index < -0.39 is 17.6 Å². The Hall–Kier alpha value is -1.37. The van der Waals surface area contributed by atoms with E-state index in [0.29, 0.717) is 6.54 Å². The SMILES string of the molecule is CCNc1c(C(=O)NC2CCSC2)cccc1C(F)(F)F. The van der Waals surface area contributed by atoms with Gasteiger partial charge in [0.05, 0.1) is 16.8 Å². The number of carbonyl (C=O) groups is 1. The predicted molar refractivity (Wildman–Crippen MR) is 78.8 cm³/mol. The predicted octanol–water partition coefficient (Wildman–Crippen LogP) is 3.37. The van der Waals surface area contributed by atoms with Crippen molar-refractivity contribution in [3.63, 3.8) is 0 Å². The van der Waals surface area contributed by atoms with Crippen LogP contribution in [0.15, 0.2) is 18.2 Å². The molecule has 1 atom stereocenters. The van der Waals surface area contributed by atoms with Crippen molar-refractivity contribution in [2.75, 3.05) is 23.4 Å². The number of anilines is 1. The molecule has 2 N–H and O–H groups in total. The van der Waals surface area contributed by atoms with E-state index >= 15 is 0 Å². The third kappa shape index (κ3) is 3.84. The Labute approximate surface area is 125 Å². The highest BCUT2D eigenvalue weighted by Gasteiger charge is 2.35. The number of hydrogen-bond donors (Lipinski definition) is 2. The van der Waals surface area contributed by atoms with Gasteiger partial charge in [-0.15, -0.1) is 0 Å². The zero-order valence-electron chi connectivity index (χ0n) is 11.6. The average molecular weight is 318 g/mol. The molecule has 1 unspecified atom stereocenters. The summed E-state index contributed by atoms with van der Waals surface area (Å²) < 4.78 is 39.1. The molecular weight excluding hydrogens is 301 g/mol. The molecule has 1 amide bonds. The highest BCUT2D eigenvalue weighted by Crippen LogP contribution is 2.36. The van der Waals surface area contributed by atoms with Gasteiger partial charge in [-0.2, -0.15) is 24.9 Å². The first-order valence-electron chi connectivity index (χ1n) is 6.76. The van der Waals surface area contributed by atoms with Crippen LogP contribution in [-0.2, 0) is 6.18 Å². The van der Waals surface area contributed by atoms with Crippen molar-refractivity contribution < 1.29 is 18.0 Å². The van der Waals surface area contributed by atoms with E-state index in [-0.39, 0.29) is 17.3 Å². The third-order valence-electron chi connectivity index (χ3n) is 3.23. The molecule has 7 heteroatoms. The van der Waals surface area contributed by atoms with Crippen molar-refractivity contribution in [2.45, 2.75) is 25.6 Å². The summed E-state index contributed by atoms with van der Waals surface area (Å²) in [6, 6.07) is 3.71. The molecular formula is C14H17F3N2OS. The molecule has 0 aromatic heterocycles. The van der Waals surface area contributed by atoms with Crippen molar-refractivity contribution in [3.8, 4) is 0 Å². The van der Waals surface area contributed by atoms with Gasteiger partial charge >= 0.3 is 6.18 Å². The first kappa shape index (κ1) is 16.0. The number of rotatable bonds is 4. The summed E-state index contributed by atoms with van der Waals surface area (Å²) >= 11 is 1.73. The molecule has 1 aromatic carbocycles. The van der Waals surface area contributed by atoms with Gasteiger partial charge in [0.15, 0.2) is 0 Å². The van der Waals surface area contributed by atoms with Gasteiger partial charge in [-0.1, -0.05) is 6.07 Å². The Morgan fingerprint density at radius 2 is 2.19 bits per heavy atom. The third-order valence-corrected chi connectivity index (χ3v) is 4.40. The van der Waals surface area contributed by atoms with Gasteiger partial charge in [-0.05, 0) is 31.2 Å². The number of carbonyl (C=O) groups excluding carboxylic acids is 1. The topological polar surface area (TPSA) is 41.1 Å². The summed E-state index contributed by atoms with van der Waals surface area (Å²) in [5.74, 6) is 1.32. The molecule has 3 nitrogen and oxygen atoms in total. The van der Waals surface area contributed by atoms with E-state index in [1.54, 1.807) is 18.7 Å². The minimum Gasteiger partial charge on any atom is -0.384 e. The fourth-order valence-electron chi connectivity index (χ4n) is 2.26. The zero-order valence-corrected chi connectivity index (χ0v) is 12.4. The standard InChI is InChI=1S/C14H17F3N2OS/c1-2-18-12-10(4-3-5-11(12)14(15,16)17)13(20)19-9-6-7-21-8-9/h3-5,9,18H,2,6-8H2,1H3,(H,19,20). The Morgan fingerprint density at radius 3 is 2.76 bits per heavy atom. The number of nitrogens with one attached hydrogen (secondary N) is 2. The number of amides is 1. The number of halogens is 3. The summed E-state index contributed by atoms with van der Waals surface area (Å²) in [6.07, 6.45) is -3.64. The summed E-state index contributed by atoms with van der Waals surface area (Å²) in [6.45, 7) is 2.01. The van der Waals surface area contributed by atoms with Crippen LogP contribution < -0.4 is 10.6 Å². The Kier molecular flexibility index (Phi) is 5.03. The van der Waals surface area contributed by atoms with Gasteiger partial charge in [0.25, 0.3) is 5.91 Å². The summed E-state index contributed by atoms with van der Waals surface area (Å²) in [5.41, 5.74) is -0.906. The van der Waals surface area contributed by atoms with Crippen molar-refractivity contribution in [1.29, 1.82) is 0 Å². The van der Waals surface area contributed by atoms with E-state index in [9.17, 15) is 18.0 Å². The van der Waals surface area contributed by atoms with Crippen molar-refractivity contribution in [1.82, 2.24) is 5.32 Å². The quantitative estimate of drug-likeness (QED) is 0.894. The Balaban J connectivity index is 2.30. The van der Waals surface area contributed by atoms with Crippen LogP contribution in [0.25, 0.3) is 0 Å². The maximum atomic E-state index is 13.0. The molecule has 1 saturated heterocycles. The van der Waals surface area contributed by atoms with E-state index in [4.69, 9.17) is 0 Å². The molecule has 1 aliphatic heterocycles. The van der Waals surface area contributed by atoms with Crippen LogP contribution in [0.2, 0.25) is 0 Å². The minimum atomic E-state index is -4.49. The Bertz CT molecular complexity index is 513. The second kappa shape index (κ2) is 6.60. The molecule has 0 aliphatic carbocycles. The second-order valence-electron chi connectivity index (χ2n) is 4.79. The molecule has 1 aliphatic rings. The molecule has 0 spiro atoms. The van der Waals surface area contributed by atoms with Crippen LogP contribution in [0.1, 0.15) is 29.3 Å². The van der Waals surface area contributed by atoms with Crippen LogP contribution in [0.5, 0.6) is 0 Å². The fourth-order valence-corrected chi connectivity index (χ4v) is 3.41. The van der Waals surface area contributed by atoms with E-state index in [2.05, 4.69) is 10.6 Å². The second-order valence-corrected chi connectivity index (χ2v) is 5.94. The molecule has 1 fully saturated rings. The van der Waals surface area contributed by atoms with Crippen LogP contribution in [0, 0.1) is 0 Å². The summed E-state index contributed by atoms with van der Waals surface area (Å²) in [7, 11) is 0. The lowest BCUT2D eigenvalue weighted by atomic mass is 10.0. The van der Waals surface area contributed by atoms with E-state index in [1.165, 1.54) is 12.1 Å². The molecule has 21 heavy (non-hydrogen) atoms. The molecule has 0 bridgehead atoms. The number of alkyl halides is 3. The molecule has 1 heterocycles. The molecule has 0 saturated carbocycles. The smallest absolute Gasteiger partial charge is 0.384 e. The zero-order chi connectivity index (χ0) is 15.5. The molecule has 116 valence electrons. The monoisotopic (exact) mass is 318 g/mol. The first-order valence-corrected chi connectivity index (χ1v) is 7.91. The van der Waals surface area contributed by atoms with Crippen LogP contribution >= 0.6 is 11.8 Å². The van der Waals surface area contributed by atoms with Gasteiger partial charge in [0.2, 0.25) is 0 Å². The largest absolute Gasteiger partial charge is 0.418 e. The van der Waals surface area contributed by atoms with Crippen molar-refractivity contribution >= 4 is 23.4 Å². The molecule has 2 rings (SSSR count). The lowest BCUT2D eigenvalue weighted by Crippen LogP contribution is -2.35. The normalized spacial score (nSPS) is 18.6. The molecule has 0 radical (unpaired) electrons. The number of hydrogen-bond acceptors (Lipinski definition) is 3. The van der Waals surface area contributed by atoms with Gasteiger partial charge < -0.3 is 10.6 Å². The van der Waals surface area contributed by atoms with Gasteiger partial charge in [-0.25, -0.2) is 0 Å². The number of thioether (sulfide) groups is 1. The fraction of sp³-hybridized carbons (Fsp3) is 0.500. The van der Waals surface area contributed by atoms with Crippen molar-refractivity contribution in [2.24, 2.45) is 0 Å². The van der Waals surface area contributed by atoms with Gasteiger partial charge in [0.1, 0.15) is 0 Å². The lowest BCUT2D eigenvalue weighted by Gasteiger charge is -2.18. The average Bonchev–Trinajstić information content (AvgIpc) is 2.90. The van der Waals surface area contributed by atoms with Crippen LogP contribution in [0.3, 0.4) is 0 Å².